The van der Waals surface area contributed by atoms with E-state index in [9.17, 15) is 14.4 Å². The van der Waals surface area contributed by atoms with Gasteiger partial charge in [0.15, 0.2) is 6.10 Å². The summed E-state index contributed by atoms with van der Waals surface area (Å²) in [6.45, 7) is 5.22. The fourth-order valence-electron chi connectivity index (χ4n) is 1.96. The maximum atomic E-state index is 11.3. The van der Waals surface area contributed by atoms with E-state index in [-0.39, 0.29) is 6.61 Å². The van der Waals surface area contributed by atoms with Crippen molar-refractivity contribution < 1.29 is 38.1 Å². The van der Waals surface area contributed by atoms with Gasteiger partial charge in [0.1, 0.15) is 24.9 Å². The van der Waals surface area contributed by atoms with Crippen molar-refractivity contribution in [1.82, 2.24) is 0 Å². The highest BCUT2D eigenvalue weighted by atomic mass is 16.6. The summed E-state index contributed by atoms with van der Waals surface area (Å²) in [5.74, 6) is -1.55. The summed E-state index contributed by atoms with van der Waals surface area (Å²) in [4.78, 5) is 33.4. The lowest BCUT2D eigenvalue weighted by atomic mass is 10.0. The zero-order chi connectivity index (χ0) is 17.3. The van der Waals surface area contributed by atoms with Crippen molar-refractivity contribution in [2.75, 3.05) is 20.8 Å². The maximum Gasteiger partial charge on any atom is 0.303 e. The second-order valence-electron chi connectivity index (χ2n) is 4.67. The normalized spacial score (nSPS) is 16.1. The van der Waals surface area contributed by atoms with E-state index in [1.54, 1.807) is 6.92 Å². The van der Waals surface area contributed by atoms with Gasteiger partial charge in [0.05, 0.1) is 0 Å². The van der Waals surface area contributed by atoms with E-state index in [2.05, 4.69) is 0 Å². The first-order valence-corrected chi connectivity index (χ1v) is 6.76. The molecule has 128 valence electrons. The van der Waals surface area contributed by atoms with Crippen molar-refractivity contribution in [2.45, 2.75) is 52.1 Å². The molecule has 0 amide bonds. The highest BCUT2D eigenvalue weighted by Crippen LogP contribution is 2.18. The molecule has 0 aromatic heterocycles. The van der Waals surface area contributed by atoms with Crippen molar-refractivity contribution in [3.05, 3.63) is 0 Å². The van der Waals surface area contributed by atoms with Crippen molar-refractivity contribution in [1.29, 1.82) is 0 Å². The first-order valence-electron chi connectivity index (χ1n) is 6.76. The van der Waals surface area contributed by atoms with E-state index in [0.29, 0.717) is 0 Å². The molecule has 0 N–H and O–H groups in total. The monoisotopic (exact) mass is 320 g/mol. The van der Waals surface area contributed by atoms with Gasteiger partial charge >= 0.3 is 17.9 Å². The first kappa shape index (κ1) is 20.3. The molecule has 0 aliphatic rings. The van der Waals surface area contributed by atoms with Gasteiger partial charge in [-0.25, -0.2) is 0 Å². The smallest absolute Gasteiger partial charge is 0.303 e. The number of esters is 3. The van der Waals surface area contributed by atoms with E-state index in [4.69, 9.17) is 23.7 Å². The van der Waals surface area contributed by atoms with Crippen LogP contribution in [0.4, 0.5) is 0 Å². The Balaban J connectivity index is 5.20. The lowest BCUT2D eigenvalue weighted by Crippen LogP contribution is -2.50. The Kier molecular flexibility index (Phi) is 9.35. The van der Waals surface area contributed by atoms with Crippen molar-refractivity contribution >= 4 is 17.9 Å². The average molecular weight is 320 g/mol. The van der Waals surface area contributed by atoms with Crippen LogP contribution in [-0.2, 0) is 38.1 Å². The van der Waals surface area contributed by atoms with Crippen LogP contribution in [0.25, 0.3) is 0 Å². The number of hydrogen-bond donors (Lipinski definition) is 0. The van der Waals surface area contributed by atoms with Gasteiger partial charge in [-0.05, 0) is 6.92 Å². The van der Waals surface area contributed by atoms with Gasteiger partial charge in [-0.3, -0.25) is 14.4 Å². The fraction of sp³-hybridized carbons (Fsp3) is 0.786. The molecular formula is C14H24O8. The lowest BCUT2D eigenvalue weighted by Gasteiger charge is -2.33. The minimum Gasteiger partial charge on any atom is -0.463 e. The number of carbonyl (C=O) groups excluding carboxylic acids is 3. The van der Waals surface area contributed by atoms with Crippen molar-refractivity contribution in [3.63, 3.8) is 0 Å². The molecule has 0 radical (unpaired) electrons. The summed E-state index contributed by atoms with van der Waals surface area (Å²) < 4.78 is 25.7. The van der Waals surface area contributed by atoms with Gasteiger partial charge in [-0.1, -0.05) is 0 Å². The van der Waals surface area contributed by atoms with Crippen LogP contribution in [0.2, 0.25) is 0 Å². The zero-order valence-corrected chi connectivity index (χ0v) is 13.8. The summed E-state index contributed by atoms with van der Waals surface area (Å²) in [6, 6.07) is 0. The molecule has 0 aromatic rings. The third-order valence-corrected chi connectivity index (χ3v) is 2.83. The van der Waals surface area contributed by atoms with Crippen LogP contribution >= 0.6 is 0 Å². The molecule has 22 heavy (non-hydrogen) atoms. The van der Waals surface area contributed by atoms with E-state index < -0.39 is 42.3 Å². The molecule has 0 heterocycles. The van der Waals surface area contributed by atoms with Crippen LogP contribution in [0.5, 0.6) is 0 Å². The second-order valence-corrected chi connectivity index (χ2v) is 4.67. The molecule has 0 rings (SSSR count). The number of rotatable bonds is 9. The van der Waals surface area contributed by atoms with Crippen LogP contribution in [-0.4, -0.2) is 63.2 Å². The highest BCUT2D eigenvalue weighted by molar-refractivity contribution is 5.67. The summed E-state index contributed by atoms with van der Waals surface area (Å²) in [5.41, 5.74) is 0. The molecule has 0 aliphatic carbocycles. The van der Waals surface area contributed by atoms with Crippen LogP contribution < -0.4 is 0 Å². The summed E-state index contributed by atoms with van der Waals surface area (Å²) in [7, 11) is 2.77. The van der Waals surface area contributed by atoms with Gasteiger partial charge in [0.25, 0.3) is 0 Å². The quantitative estimate of drug-likeness (QED) is 0.446. The van der Waals surface area contributed by atoms with Crippen LogP contribution in [0.15, 0.2) is 0 Å². The molecular weight excluding hydrogens is 296 g/mol. The van der Waals surface area contributed by atoms with E-state index >= 15 is 0 Å². The third kappa shape index (κ3) is 7.37. The Hall–Kier alpha value is -1.67. The van der Waals surface area contributed by atoms with E-state index in [1.165, 1.54) is 35.0 Å². The Bertz CT molecular complexity index is 381. The summed E-state index contributed by atoms with van der Waals surface area (Å²) in [6.07, 6.45) is -3.16. The molecule has 0 unspecified atom stereocenters. The molecule has 4 atom stereocenters. The van der Waals surface area contributed by atoms with Gasteiger partial charge in [-0.15, -0.1) is 0 Å². The lowest BCUT2D eigenvalue weighted by molar-refractivity contribution is -0.188. The predicted octanol–water partition coefficient (Wildman–Crippen LogP) is 0.463. The Morgan fingerprint density at radius 1 is 0.818 bits per heavy atom. The molecule has 0 aromatic carbocycles. The minimum absolute atomic E-state index is 0.129. The minimum atomic E-state index is -0.916. The van der Waals surface area contributed by atoms with Crippen molar-refractivity contribution in [3.8, 4) is 0 Å². The third-order valence-electron chi connectivity index (χ3n) is 2.83. The molecule has 8 heteroatoms. The number of methoxy groups -OCH3 is 2. The van der Waals surface area contributed by atoms with E-state index in [0.717, 1.165) is 0 Å². The van der Waals surface area contributed by atoms with Gasteiger partial charge < -0.3 is 23.7 Å². The zero-order valence-electron chi connectivity index (χ0n) is 13.8. The predicted molar refractivity (Wildman–Crippen MR) is 75.0 cm³/mol. The molecule has 0 saturated carbocycles. The highest BCUT2D eigenvalue weighted by Gasteiger charge is 2.38. The Labute approximate surface area is 130 Å². The molecule has 0 saturated heterocycles. The first-order chi connectivity index (χ1) is 10.2. The Morgan fingerprint density at radius 2 is 1.36 bits per heavy atom. The average Bonchev–Trinajstić information content (AvgIpc) is 2.38. The summed E-state index contributed by atoms with van der Waals surface area (Å²) in [5, 5.41) is 0. The topological polar surface area (TPSA) is 97.4 Å². The van der Waals surface area contributed by atoms with E-state index in [1.807, 2.05) is 0 Å². The number of carbonyl (C=O) groups is 3. The molecule has 0 spiro atoms. The van der Waals surface area contributed by atoms with Crippen LogP contribution in [0.3, 0.4) is 0 Å². The standard InChI is InChI=1S/C14H24O8/c1-8(21-10(3)16)13(19-6)14(22-11(4)17)12(18-5)7-20-9(2)15/h8,12-14H,7H2,1-6H3/t8-,12-,13-,14-/m0/s1. The maximum absolute atomic E-state index is 11.3. The fourth-order valence-corrected chi connectivity index (χ4v) is 1.96. The number of hydrogen-bond acceptors (Lipinski definition) is 8. The Morgan fingerprint density at radius 3 is 1.73 bits per heavy atom. The van der Waals surface area contributed by atoms with Gasteiger partial charge in [0, 0.05) is 35.0 Å². The largest absolute Gasteiger partial charge is 0.463 e. The van der Waals surface area contributed by atoms with Crippen LogP contribution in [0.1, 0.15) is 27.7 Å². The van der Waals surface area contributed by atoms with Gasteiger partial charge in [0.2, 0.25) is 0 Å². The SMILES string of the molecule is CO[C@H]([C@@H](OC(C)=O)[C@H](COC(C)=O)OC)[C@H](C)OC(C)=O. The second kappa shape index (κ2) is 10.1. The number of ether oxygens (including phenoxy) is 5. The molecule has 0 fully saturated rings. The summed E-state index contributed by atoms with van der Waals surface area (Å²) >= 11 is 0. The van der Waals surface area contributed by atoms with Crippen molar-refractivity contribution in [2.24, 2.45) is 0 Å². The van der Waals surface area contributed by atoms with Gasteiger partial charge in [-0.2, -0.15) is 0 Å². The molecule has 0 bridgehead atoms. The van der Waals surface area contributed by atoms with Crippen LogP contribution in [0, 0.1) is 0 Å². The molecule has 8 nitrogen and oxygen atoms in total. The molecule has 0 aliphatic heterocycles.